The molecule has 1 aliphatic heterocycles. The van der Waals surface area contributed by atoms with Gasteiger partial charge in [0, 0.05) is 24.4 Å². The highest BCUT2D eigenvalue weighted by Gasteiger charge is 2.40. The summed E-state index contributed by atoms with van der Waals surface area (Å²) < 4.78 is 41.4. The van der Waals surface area contributed by atoms with E-state index in [0.717, 1.165) is 0 Å². The SMILES string of the molecule is CC(C)(C)C(=O)N1CCC(c2noc(C(F)(F)F)n2)C1. The summed E-state index contributed by atoms with van der Waals surface area (Å²) in [5.41, 5.74) is -0.511. The van der Waals surface area contributed by atoms with Crippen molar-refractivity contribution in [2.45, 2.75) is 39.3 Å². The van der Waals surface area contributed by atoms with E-state index in [-0.39, 0.29) is 17.6 Å². The van der Waals surface area contributed by atoms with Crippen molar-refractivity contribution in [1.82, 2.24) is 15.0 Å². The summed E-state index contributed by atoms with van der Waals surface area (Å²) in [6.45, 7) is 6.24. The molecule has 0 saturated carbocycles. The molecule has 1 aromatic rings. The van der Waals surface area contributed by atoms with E-state index in [4.69, 9.17) is 0 Å². The molecule has 0 radical (unpaired) electrons. The Bertz CT molecular complexity index is 505. The van der Waals surface area contributed by atoms with E-state index in [1.165, 1.54) is 0 Å². The molecule has 1 saturated heterocycles. The van der Waals surface area contributed by atoms with Crippen LogP contribution < -0.4 is 0 Å². The van der Waals surface area contributed by atoms with Gasteiger partial charge in [-0.25, -0.2) is 0 Å². The minimum atomic E-state index is -4.63. The maximum absolute atomic E-state index is 12.4. The van der Waals surface area contributed by atoms with Crippen molar-refractivity contribution in [1.29, 1.82) is 0 Å². The molecule has 1 atom stereocenters. The smallest absolute Gasteiger partial charge is 0.341 e. The van der Waals surface area contributed by atoms with E-state index < -0.39 is 17.5 Å². The van der Waals surface area contributed by atoms with Gasteiger partial charge in [0.1, 0.15) is 0 Å². The zero-order chi connectivity index (χ0) is 15.1. The minimum Gasteiger partial charge on any atom is -0.341 e. The maximum Gasteiger partial charge on any atom is 0.471 e. The fourth-order valence-electron chi connectivity index (χ4n) is 2.15. The van der Waals surface area contributed by atoms with Crippen LogP contribution in [0.3, 0.4) is 0 Å². The van der Waals surface area contributed by atoms with Crippen molar-refractivity contribution in [3.63, 3.8) is 0 Å². The first-order valence-corrected chi connectivity index (χ1v) is 6.29. The quantitative estimate of drug-likeness (QED) is 0.797. The zero-order valence-corrected chi connectivity index (χ0v) is 11.5. The lowest BCUT2D eigenvalue weighted by Gasteiger charge is -2.25. The second-order valence-electron chi connectivity index (χ2n) is 5.94. The maximum atomic E-state index is 12.4. The number of likely N-dealkylation sites (tertiary alicyclic amines) is 1. The van der Waals surface area contributed by atoms with E-state index in [1.54, 1.807) is 25.7 Å². The topological polar surface area (TPSA) is 59.2 Å². The molecule has 20 heavy (non-hydrogen) atoms. The van der Waals surface area contributed by atoms with Gasteiger partial charge in [0.15, 0.2) is 5.82 Å². The Morgan fingerprint density at radius 1 is 1.35 bits per heavy atom. The van der Waals surface area contributed by atoms with Gasteiger partial charge in [0.25, 0.3) is 0 Å². The lowest BCUT2D eigenvalue weighted by atomic mass is 9.95. The number of carbonyl (C=O) groups is 1. The Kier molecular flexibility index (Phi) is 3.51. The number of alkyl halides is 3. The molecule has 1 fully saturated rings. The highest BCUT2D eigenvalue weighted by molar-refractivity contribution is 5.81. The summed E-state index contributed by atoms with van der Waals surface area (Å²) >= 11 is 0. The first-order valence-electron chi connectivity index (χ1n) is 6.29. The van der Waals surface area contributed by atoms with Crippen LogP contribution in [0.2, 0.25) is 0 Å². The molecule has 5 nitrogen and oxygen atoms in total. The van der Waals surface area contributed by atoms with Gasteiger partial charge in [-0.1, -0.05) is 25.9 Å². The van der Waals surface area contributed by atoms with Gasteiger partial charge in [0.2, 0.25) is 5.91 Å². The summed E-state index contributed by atoms with van der Waals surface area (Å²) in [7, 11) is 0. The third-order valence-electron chi connectivity index (χ3n) is 3.17. The van der Waals surface area contributed by atoms with Crippen LogP contribution in [0.25, 0.3) is 0 Å². The van der Waals surface area contributed by atoms with E-state index in [2.05, 4.69) is 14.7 Å². The van der Waals surface area contributed by atoms with Crippen molar-refractivity contribution >= 4 is 5.91 Å². The van der Waals surface area contributed by atoms with E-state index in [9.17, 15) is 18.0 Å². The van der Waals surface area contributed by atoms with E-state index in [1.807, 2.05) is 0 Å². The molecule has 1 amide bonds. The van der Waals surface area contributed by atoms with Gasteiger partial charge in [-0.2, -0.15) is 18.2 Å². The summed E-state index contributed by atoms with van der Waals surface area (Å²) in [5, 5.41) is 3.38. The molecule has 0 bridgehead atoms. The van der Waals surface area contributed by atoms with Gasteiger partial charge >= 0.3 is 12.1 Å². The molecule has 112 valence electrons. The number of nitrogens with zero attached hydrogens (tertiary/aromatic N) is 3. The normalized spacial score (nSPS) is 20.5. The van der Waals surface area contributed by atoms with Gasteiger partial charge < -0.3 is 9.42 Å². The number of hydrogen-bond acceptors (Lipinski definition) is 4. The number of aromatic nitrogens is 2. The first-order chi connectivity index (χ1) is 9.09. The molecule has 8 heteroatoms. The molecule has 2 rings (SSSR count). The number of rotatable bonds is 1. The van der Waals surface area contributed by atoms with Crippen molar-refractivity contribution < 1.29 is 22.5 Å². The van der Waals surface area contributed by atoms with Crippen LogP contribution in [0.5, 0.6) is 0 Å². The number of carbonyl (C=O) groups excluding carboxylic acids is 1. The molecule has 1 aromatic heterocycles. The van der Waals surface area contributed by atoms with E-state index in [0.29, 0.717) is 19.5 Å². The van der Waals surface area contributed by atoms with Gasteiger partial charge in [-0.05, 0) is 6.42 Å². The lowest BCUT2D eigenvalue weighted by Crippen LogP contribution is -2.37. The molecule has 0 aliphatic carbocycles. The Morgan fingerprint density at radius 3 is 2.50 bits per heavy atom. The Labute approximate surface area is 114 Å². The standard InChI is InChI=1S/C12H16F3N3O2/c1-11(2,3)10(19)18-5-4-7(6-18)8-16-9(20-17-8)12(13,14)15/h7H,4-6H2,1-3H3. The van der Waals surface area contributed by atoms with Crippen molar-refractivity contribution in [2.24, 2.45) is 5.41 Å². The Balaban J connectivity index is 2.07. The lowest BCUT2D eigenvalue weighted by molar-refractivity contribution is -0.159. The molecule has 0 aromatic carbocycles. The van der Waals surface area contributed by atoms with Gasteiger partial charge in [-0.3, -0.25) is 4.79 Å². The van der Waals surface area contributed by atoms with Crippen LogP contribution in [-0.4, -0.2) is 34.0 Å². The summed E-state index contributed by atoms with van der Waals surface area (Å²) in [6.07, 6.45) is -4.09. The summed E-state index contributed by atoms with van der Waals surface area (Å²) in [4.78, 5) is 17.1. The average molecular weight is 291 g/mol. The molecule has 2 heterocycles. The molecular weight excluding hydrogens is 275 g/mol. The van der Waals surface area contributed by atoms with Crippen LogP contribution in [-0.2, 0) is 11.0 Å². The summed E-state index contributed by atoms with van der Waals surface area (Å²) in [6, 6.07) is 0. The van der Waals surface area contributed by atoms with Crippen LogP contribution in [0.4, 0.5) is 13.2 Å². The monoisotopic (exact) mass is 291 g/mol. The number of amides is 1. The second kappa shape index (κ2) is 4.75. The van der Waals surface area contributed by atoms with Crippen LogP contribution in [0.1, 0.15) is 44.8 Å². The van der Waals surface area contributed by atoms with Crippen LogP contribution in [0, 0.1) is 5.41 Å². The van der Waals surface area contributed by atoms with Gasteiger partial charge in [-0.15, -0.1) is 0 Å². The summed E-state index contributed by atoms with van der Waals surface area (Å²) in [5.74, 6) is -1.66. The van der Waals surface area contributed by atoms with E-state index >= 15 is 0 Å². The highest BCUT2D eigenvalue weighted by Crippen LogP contribution is 2.32. The largest absolute Gasteiger partial charge is 0.471 e. The van der Waals surface area contributed by atoms with Crippen LogP contribution >= 0.6 is 0 Å². The average Bonchev–Trinajstić information content (AvgIpc) is 2.94. The number of halogens is 3. The third-order valence-corrected chi connectivity index (χ3v) is 3.17. The van der Waals surface area contributed by atoms with Crippen molar-refractivity contribution in [2.75, 3.05) is 13.1 Å². The molecule has 0 spiro atoms. The predicted molar refractivity (Wildman–Crippen MR) is 62.7 cm³/mol. The van der Waals surface area contributed by atoms with Crippen molar-refractivity contribution in [3.05, 3.63) is 11.7 Å². The molecular formula is C12H16F3N3O2. The minimum absolute atomic E-state index is 0.0153. The van der Waals surface area contributed by atoms with Gasteiger partial charge in [0.05, 0.1) is 0 Å². The molecule has 1 unspecified atom stereocenters. The molecule has 1 aliphatic rings. The van der Waals surface area contributed by atoms with Crippen molar-refractivity contribution in [3.8, 4) is 0 Å². The highest BCUT2D eigenvalue weighted by atomic mass is 19.4. The fraction of sp³-hybridized carbons (Fsp3) is 0.750. The van der Waals surface area contributed by atoms with Crippen LogP contribution in [0.15, 0.2) is 4.52 Å². The first kappa shape index (κ1) is 14.8. The Morgan fingerprint density at radius 2 is 2.00 bits per heavy atom. The zero-order valence-electron chi connectivity index (χ0n) is 11.5. The third kappa shape index (κ3) is 2.94. The number of hydrogen-bond donors (Lipinski definition) is 0. The predicted octanol–water partition coefficient (Wildman–Crippen LogP) is 2.45. The molecule has 0 N–H and O–H groups in total. The second-order valence-corrected chi connectivity index (χ2v) is 5.94. The fourth-order valence-corrected chi connectivity index (χ4v) is 2.15. The Hall–Kier alpha value is -1.60.